The van der Waals surface area contributed by atoms with Gasteiger partial charge < -0.3 is 5.73 Å². The molecule has 0 aliphatic carbocycles. The van der Waals surface area contributed by atoms with Crippen molar-refractivity contribution < 1.29 is 4.79 Å². The summed E-state index contributed by atoms with van der Waals surface area (Å²) >= 11 is 0. The van der Waals surface area contributed by atoms with E-state index in [9.17, 15) is 4.79 Å². The van der Waals surface area contributed by atoms with Crippen LogP contribution in [-0.2, 0) is 0 Å². The zero-order chi connectivity index (χ0) is 12.5. The number of ketones is 1. The zero-order valence-electron chi connectivity index (χ0n) is 9.55. The van der Waals surface area contributed by atoms with Gasteiger partial charge in [-0.3, -0.25) is 9.89 Å². The van der Waals surface area contributed by atoms with Crippen molar-refractivity contribution in [3.05, 3.63) is 59.8 Å². The summed E-state index contributed by atoms with van der Waals surface area (Å²) in [4.78, 5) is 12.4. The Bertz CT molecular complexity index is 730. The van der Waals surface area contributed by atoms with Crippen molar-refractivity contribution in [1.29, 1.82) is 0 Å². The summed E-state index contributed by atoms with van der Waals surface area (Å²) in [5.41, 5.74) is 8.01. The van der Waals surface area contributed by atoms with E-state index in [1.165, 1.54) is 0 Å². The SMILES string of the molecule is Nc1ccccc1C(=O)c1n[nH]c2ccccc12. The number of H-pyrrole nitrogens is 1. The Morgan fingerprint density at radius 1 is 1.06 bits per heavy atom. The number of carbonyl (C=O) groups is 1. The molecular weight excluding hydrogens is 226 g/mol. The summed E-state index contributed by atoms with van der Waals surface area (Å²) in [7, 11) is 0. The van der Waals surface area contributed by atoms with E-state index in [1.807, 2.05) is 24.3 Å². The zero-order valence-corrected chi connectivity index (χ0v) is 9.55. The van der Waals surface area contributed by atoms with E-state index in [1.54, 1.807) is 24.3 Å². The third-order valence-electron chi connectivity index (χ3n) is 2.89. The molecule has 3 rings (SSSR count). The maximum absolute atomic E-state index is 12.4. The molecule has 3 aromatic rings. The van der Waals surface area contributed by atoms with Crippen LogP contribution in [0.2, 0.25) is 0 Å². The smallest absolute Gasteiger partial charge is 0.215 e. The first-order chi connectivity index (χ1) is 8.77. The molecule has 0 amide bonds. The largest absolute Gasteiger partial charge is 0.398 e. The maximum Gasteiger partial charge on any atom is 0.215 e. The van der Waals surface area contributed by atoms with Crippen LogP contribution < -0.4 is 5.73 Å². The van der Waals surface area contributed by atoms with Crippen molar-refractivity contribution >= 4 is 22.4 Å². The number of carbonyl (C=O) groups excluding carboxylic acids is 1. The van der Waals surface area contributed by atoms with E-state index in [2.05, 4.69) is 10.2 Å². The molecule has 0 saturated carbocycles. The second kappa shape index (κ2) is 4.00. The minimum absolute atomic E-state index is 0.162. The number of rotatable bonds is 2. The summed E-state index contributed by atoms with van der Waals surface area (Å²) < 4.78 is 0. The van der Waals surface area contributed by atoms with Gasteiger partial charge in [-0.25, -0.2) is 0 Å². The number of hydrogen-bond acceptors (Lipinski definition) is 3. The van der Waals surface area contributed by atoms with Crippen LogP contribution in [0.25, 0.3) is 10.9 Å². The number of anilines is 1. The standard InChI is InChI=1S/C14H11N3O/c15-11-7-3-1-5-9(11)14(18)13-10-6-2-4-8-12(10)16-17-13/h1-8H,15H2,(H,16,17). The van der Waals surface area contributed by atoms with E-state index in [0.29, 0.717) is 16.9 Å². The molecular formula is C14H11N3O. The van der Waals surface area contributed by atoms with E-state index >= 15 is 0 Å². The predicted molar refractivity (Wildman–Crippen MR) is 70.4 cm³/mol. The van der Waals surface area contributed by atoms with E-state index in [-0.39, 0.29) is 5.78 Å². The fourth-order valence-electron chi connectivity index (χ4n) is 1.97. The van der Waals surface area contributed by atoms with Gasteiger partial charge in [0.1, 0.15) is 5.69 Å². The molecule has 0 bridgehead atoms. The Kier molecular flexibility index (Phi) is 2.34. The molecule has 4 nitrogen and oxygen atoms in total. The molecule has 2 aromatic carbocycles. The molecule has 0 saturated heterocycles. The van der Waals surface area contributed by atoms with Crippen molar-refractivity contribution in [3.8, 4) is 0 Å². The lowest BCUT2D eigenvalue weighted by molar-refractivity contribution is 0.103. The van der Waals surface area contributed by atoms with E-state index in [4.69, 9.17) is 5.73 Å². The fraction of sp³-hybridized carbons (Fsp3) is 0. The molecule has 18 heavy (non-hydrogen) atoms. The van der Waals surface area contributed by atoms with Crippen LogP contribution in [0.3, 0.4) is 0 Å². The molecule has 3 N–H and O–H groups in total. The van der Waals surface area contributed by atoms with Crippen LogP contribution in [0.15, 0.2) is 48.5 Å². The highest BCUT2D eigenvalue weighted by Gasteiger charge is 2.17. The molecule has 0 aliphatic rings. The van der Waals surface area contributed by atoms with Crippen LogP contribution in [0.5, 0.6) is 0 Å². The molecule has 0 unspecified atom stereocenters. The van der Waals surface area contributed by atoms with Gasteiger partial charge in [0.2, 0.25) is 5.78 Å². The highest BCUT2D eigenvalue weighted by molar-refractivity contribution is 6.16. The van der Waals surface area contributed by atoms with Crippen LogP contribution in [0, 0.1) is 0 Å². The third-order valence-corrected chi connectivity index (χ3v) is 2.89. The van der Waals surface area contributed by atoms with E-state index < -0.39 is 0 Å². The fourth-order valence-corrected chi connectivity index (χ4v) is 1.97. The minimum atomic E-state index is -0.162. The van der Waals surface area contributed by atoms with Crippen LogP contribution in [-0.4, -0.2) is 16.0 Å². The average Bonchev–Trinajstić information content (AvgIpc) is 2.82. The quantitative estimate of drug-likeness (QED) is 0.531. The topological polar surface area (TPSA) is 71.8 Å². The lowest BCUT2D eigenvalue weighted by atomic mass is 10.0. The third kappa shape index (κ3) is 1.55. The van der Waals surface area contributed by atoms with Gasteiger partial charge in [-0.05, 0) is 18.2 Å². The van der Waals surface area contributed by atoms with Gasteiger partial charge in [-0.15, -0.1) is 0 Å². The van der Waals surface area contributed by atoms with Gasteiger partial charge in [0.15, 0.2) is 0 Å². The number of nitrogen functional groups attached to an aromatic ring is 1. The second-order valence-corrected chi connectivity index (χ2v) is 4.03. The summed E-state index contributed by atoms with van der Waals surface area (Å²) in [5.74, 6) is -0.162. The van der Waals surface area contributed by atoms with Crippen molar-refractivity contribution in [3.63, 3.8) is 0 Å². The maximum atomic E-state index is 12.4. The second-order valence-electron chi connectivity index (χ2n) is 4.03. The van der Waals surface area contributed by atoms with Gasteiger partial charge in [-0.2, -0.15) is 5.10 Å². The van der Waals surface area contributed by atoms with Gasteiger partial charge >= 0.3 is 0 Å². The van der Waals surface area contributed by atoms with Gasteiger partial charge in [0.05, 0.1) is 5.52 Å². The summed E-state index contributed by atoms with van der Waals surface area (Å²) in [6.45, 7) is 0. The molecule has 1 heterocycles. The molecule has 0 radical (unpaired) electrons. The number of fused-ring (bicyclic) bond motifs is 1. The monoisotopic (exact) mass is 237 g/mol. The Balaban J connectivity index is 2.16. The number of nitrogens with two attached hydrogens (primary N) is 1. The average molecular weight is 237 g/mol. The van der Waals surface area contributed by atoms with Gasteiger partial charge in [-0.1, -0.05) is 30.3 Å². The molecule has 1 aromatic heterocycles. The molecule has 0 spiro atoms. The Hall–Kier alpha value is -2.62. The van der Waals surface area contributed by atoms with Crippen LogP contribution in [0.4, 0.5) is 5.69 Å². The number of aromatic amines is 1. The molecule has 0 aliphatic heterocycles. The first kappa shape index (κ1) is 10.5. The molecule has 4 heteroatoms. The molecule has 0 fully saturated rings. The first-order valence-corrected chi connectivity index (χ1v) is 5.59. The summed E-state index contributed by atoms with van der Waals surface area (Å²) in [6.07, 6.45) is 0. The number of para-hydroxylation sites is 2. The minimum Gasteiger partial charge on any atom is -0.398 e. The Morgan fingerprint density at radius 3 is 2.61 bits per heavy atom. The first-order valence-electron chi connectivity index (χ1n) is 5.59. The number of aromatic nitrogens is 2. The lowest BCUT2D eigenvalue weighted by Crippen LogP contribution is -2.06. The summed E-state index contributed by atoms with van der Waals surface area (Å²) in [5, 5.41) is 7.74. The predicted octanol–water partition coefficient (Wildman–Crippen LogP) is 2.38. The van der Waals surface area contributed by atoms with Crippen LogP contribution in [0.1, 0.15) is 16.1 Å². The lowest BCUT2D eigenvalue weighted by Gasteiger charge is -2.02. The Morgan fingerprint density at radius 2 is 1.78 bits per heavy atom. The highest BCUT2D eigenvalue weighted by Crippen LogP contribution is 2.21. The van der Waals surface area contributed by atoms with Crippen molar-refractivity contribution in [2.24, 2.45) is 0 Å². The molecule has 0 atom stereocenters. The van der Waals surface area contributed by atoms with Crippen molar-refractivity contribution in [1.82, 2.24) is 10.2 Å². The number of nitrogens with zero attached hydrogens (tertiary/aromatic N) is 1. The van der Waals surface area contributed by atoms with Crippen LogP contribution >= 0.6 is 0 Å². The number of benzene rings is 2. The van der Waals surface area contributed by atoms with Gasteiger partial charge in [0.25, 0.3) is 0 Å². The number of hydrogen-bond donors (Lipinski definition) is 2. The van der Waals surface area contributed by atoms with Crippen molar-refractivity contribution in [2.75, 3.05) is 5.73 Å². The highest BCUT2D eigenvalue weighted by atomic mass is 16.1. The van der Waals surface area contributed by atoms with Crippen molar-refractivity contribution in [2.45, 2.75) is 0 Å². The normalized spacial score (nSPS) is 10.7. The number of nitrogens with one attached hydrogen (secondary N) is 1. The summed E-state index contributed by atoms with van der Waals surface area (Å²) in [6, 6.07) is 14.5. The Labute approximate surface area is 103 Å². The van der Waals surface area contributed by atoms with Gasteiger partial charge in [0, 0.05) is 16.6 Å². The van der Waals surface area contributed by atoms with E-state index in [0.717, 1.165) is 10.9 Å². The molecule has 88 valence electrons.